The topological polar surface area (TPSA) is 154 Å². The number of fused-ring (bicyclic) bond motifs is 6. The summed E-state index contributed by atoms with van der Waals surface area (Å²) in [4.78, 5) is 68.6. The molecule has 3 aliphatic heterocycles. The lowest BCUT2D eigenvalue weighted by molar-refractivity contribution is -0.305. The summed E-state index contributed by atoms with van der Waals surface area (Å²) in [5, 5.41) is 0. The smallest absolute Gasteiger partial charge is 0.347 e. The highest BCUT2D eigenvalue weighted by atomic mass is 16.7. The van der Waals surface area contributed by atoms with Crippen LogP contribution in [0.2, 0.25) is 0 Å². The minimum Gasteiger partial charge on any atom is -0.472 e. The summed E-state index contributed by atoms with van der Waals surface area (Å²) < 4.78 is 42.9. The van der Waals surface area contributed by atoms with Crippen molar-refractivity contribution in [3.05, 3.63) is 59.1 Å². The van der Waals surface area contributed by atoms with Gasteiger partial charge in [0.15, 0.2) is 6.10 Å². The van der Waals surface area contributed by atoms with Crippen LogP contribution in [0.25, 0.3) is 0 Å². The third-order valence-electron chi connectivity index (χ3n) is 13.3. The van der Waals surface area contributed by atoms with Crippen LogP contribution in [-0.4, -0.2) is 61.1 Å². The van der Waals surface area contributed by atoms with Crippen molar-refractivity contribution in [2.45, 2.75) is 110 Å². The Bertz CT molecular complexity index is 1810. The first-order valence-electron chi connectivity index (χ1n) is 18.4. The van der Waals surface area contributed by atoms with Gasteiger partial charge >= 0.3 is 29.8 Å². The van der Waals surface area contributed by atoms with Crippen LogP contribution in [0.3, 0.4) is 0 Å². The van der Waals surface area contributed by atoms with Gasteiger partial charge in [0.25, 0.3) is 5.79 Å². The third-order valence-corrected chi connectivity index (χ3v) is 13.3. The number of ether oxygens (including phenoxy) is 6. The van der Waals surface area contributed by atoms with Gasteiger partial charge in [-0.05, 0) is 88.0 Å². The zero-order valence-corrected chi connectivity index (χ0v) is 30.4. The van der Waals surface area contributed by atoms with E-state index in [1.807, 2.05) is 20.8 Å². The number of allylic oxidation sites excluding steroid dienone is 2. The molecule has 3 bridgehead atoms. The molecule has 278 valence electrons. The summed E-state index contributed by atoms with van der Waals surface area (Å²) in [6.07, 6.45) is 8.05. The Morgan fingerprint density at radius 3 is 2.37 bits per heavy atom. The number of methoxy groups -OCH3 is 1. The number of cyclic esters (lactones) is 1. The lowest BCUT2D eigenvalue weighted by Crippen LogP contribution is -2.63. The van der Waals surface area contributed by atoms with Crippen LogP contribution >= 0.6 is 0 Å². The molecule has 4 heterocycles. The third kappa shape index (κ3) is 5.06. The molecule has 0 aromatic carbocycles. The second-order valence-corrected chi connectivity index (χ2v) is 16.5. The quantitative estimate of drug-likeness (QED) is 0.177. The summed E-state index contributed by atoms with van der Waals surface area (Å²) in [6.45, 7) is 9.30. The first-order chi connectivity index (χ1) is 24.7. The maximum absolute atomic E-state index is 14.0. The van der Waals surface area contributed by atoms with E-state index in [9.17, 15) is 24.0 Å². The first-order valence-corrected chi connectivity index (χ1v) is 18.4. The van der Waals surface area contributed by atoms with Crippen molar-refractivity contribution >= 4 is 29.8 Å². The molecule has 5 fully saturated rings. The van der Waals surface area contributed by atoms with E-state index in [4.69, 9.17) is 32.8 Å². The second kappa shape index (κ2) is 11.9. The minimum atomic E-state index is -1.95. The molecule has 1 saturated heterocycles. The van der Waals surface area contributed by atoms with Gasteiger partial charge < -0.3 is 32.8 Å². The maximum Gasteiger partial charge on any atom is 0.347 e. The largest absolute Gasteiger partial charge is 0.472 e. The molecular weight excluding hydrogens is 672 g/mol. The van der Waals surface area contributed by atoms with Gasteiger partial charge in [-0.3, -0.25) is 9.59 Å². The van der Waals surface area contributed by atoms with Crippen LogP contribution in [0.5, 0.6) is 0 Å². The van der Waals surface area contributed by atoms with Gasteiger partial charge in [-0.2, -0.15) is 0 Å². The second-order valence-electron chi connectivity index (χ2n) is 16.5. The van der Waals surface area contributed by atoms with Gasteiger partial charge in [0.05, 0.1) is 37.6 Å². The van der Waals surface area contributed by atoms with Crippen LogP contribution in [0.15, 0.2) is 58.0 Å². The van der Waals surface area contributed by atoms with Gasteiger partial charge in [0, 0.05) is 39.4 Å². The maximum atomic E-state index is 14.0. The Morgan fingerprint density at radius 2 is 1.73 bits per heavy atom. The molecule has 4 saturated carbocycles. The highest BCUT2D eigenvalue weighted by molar-refractivity contribution is 5.88. The molecule has 4 aliphatic carbocycles. The van der Waals surface area contributed by atoms with Gasteiger partial charge in [-0.1, -0.05) is 26.8 Å². The Kier molecular flexibility index (Phi) is 7.99. The summed E-state index contributed by atoms with van der Waals surface area (Å²) in [5.41, 5.74) is -0.473. The van der Waals surface area contributed by atoms with E-state index < -0.39 is 82.2 Å². The van der Waals surface area contributed by atoms with Crippen molar-refractivity contribution in [3.63, 3.8) is 0 Å². The molecule has 0 amide bonds. The van der Waals surface area contributed by atoms with Gasteiger partial charge in [-0.25, -0.2) is 14.4 Å². The molecule has 0 radical (unpaired) electrons. The molecule has 52 heavy (non-hydrogen) atoms. The van der Waals surface area contributed by atoms with Gasteiger partial charge in [0.1, 0.15) is 6.10 Å². The van der Waals surface area contributed by atoms with Crippen molar-refractivity contribution in [1.29, 1.82) is 0 Å². The summed E-state index contributed by atoms with van der Waals surface area (Å²) in [7, 11) is 1.25. The minimum absolute atomic E-state index is 0.297. The predicted octanol–water partition coefficient (Wildman–Crippen LogP) is 5.61. The van der Waals surface area contributed by atoms with E-state index >= 15 is 0 Å². The zero-order valence-electron chi connectivity index (χ0n) is 30.4. The Hall–Kier alpha value is -4.19. The van der Waals surface area contributed by atoms with E-state index in [2.05, 4.69) is 0 Å². The summed E-state index contributed by atoms with van der Waals surface area (Å²) >= 11 is 0. The molecule has 1 aromatic heterocycles. The fourth-order valence-electron chi connectivity index (χ4n) is 10.2. The molecule has 1 aromatic rings. The first kappa shape index (κ1) is 34.9. The number of hydrogen-bond acceptors (Lipinski definition) is 12. The standard InChI is InChI=1S/C40H46O12/c1-7-20(2)32(42)50-36-38(4)18-27-39(5,30(38)29(35(45)46-6)49-33(43)21-8-9-21)25-12-14-37(3)26(16-28(41)48-31(37)23-13-15-47-19-23)24(25)17-40(36,51-27)52-34(44)22-10-11-22/h7,13,15-17,19,21-22,25,27,29-31,36H,8-12,14,18H2,1-6H3/b20-7+/t25-,27-,29+,30+,31-,36-,37+,38+,39-,40+/m0/s1. The van der Waals surface area contributed by atoms with E-state index in [1.54, 1.807) is 38.3 Å². The molecule has 8 rings (SSSR count). The highest BCUT2D eigenvalue weighted by Gasteiger charge is 2.79. The van der Waals surface area contributed by atoms with Crippen LogP contribution in [0, 0.1) is 39.9 Å². The van der Waals surface area contributed by atoms with E-state index in [0.717, 1.165) is 0 Å². The number of furan rings is 1. The summed E-state index contributed by atoms with van der Waals surface area (Å²) in [5.74, 6) is -6.71. The molecule has 0 unspecified atom stereocenters. The molecule has 12 heteroatoms. The van der Waals surface area contributed by atoms with Gasteiger partial charge in [-0.15, -0.1) is 0 Å². The Labute approximate surface area is 302 Å². The van der Waals surface area contributed by atoms with Crippen molar-refractivity contribution in [1.82, 2.24) is 0 Å². The molecule has 0 N–H and O–H groups in total. The lowest BCUT2D eigenvalue weighted by Gasteiger charge is -2.55. The number of hydrogen-bond donors (Lipinski definition) is 0. The number of carbonyl (C=O) groups excluding carboxylic acids is 5. The van der Waals surface area contributed by atoms with Crippen molar-refractivity contribution in [2.75, 3.05) is 7.11 Å². The van der Waals surface area contributed by atoms with E-state index in [-0.39, 0.29) is 17.8 Å². The highest BCUT2D eigenvalue weighted by Crippen LogP contribution is 2.73. The SMILES string of the molecule is C/C=C(\C)C(=O)O[C@@H]1[C@]2(OC(=O)C3CC3)C=C3C4=CC(=O)O[C@@H](c5ccoc5)[C@]4(C)CC[C@@H]3[C@@]3(C)[C@H](C[C@]1(C)[C@H]3[C@@H](OC(=O)C1CC1)C(=O)OC)O2. The lowest BCUT2D eigenvalue weighted by atomic mass is 9.51. The van der Waals surface area contributed by atoms with Crippen molar-refractivity contribution in [2.24, 2.45) is 39.9 Å². The monoisotopic (exact) mass is 718 g/mol. The Morgan fingerprint density at radius 1 is 1.02 bits per heavy atom. The average Bonchev–Trinajstić information content (AvgIpc) is 4.05. The Balaban J connectivity index is 1.37. The number of rotatable bonds is 9. The average molecular weight is 719 g/mol. The predicted molar refractivity (Wildman–Crippen MR) is 179 cm³/mol. The fourth-order valence-corrected chi connectivity index (χ4v) is 10.2. The molecule has 12 nitrogen and oxygen atoms in total. The van der Waals surface area contributed by atoms with Crippen molar-refractivity contribution in [3.8, 4) is 0 Å². The van der Waals surface area contributed by atoms with Crippen LogP contribution in [0.4, 0.5) is 0 Å². The molecule has 10 atom stereocenters. The van der Waals surface area contributed by atoms with Crippen LogP contribution < -0.4 is 0 Å². The summed E-state index contributed by atoms with van der Waals surface area (Å²) in [6, 6.07) is 1.78. The zero-order chi connectivity index (χ0) is 37.0. The molecular formula is C40H46O12. The fraction of sp³-hybridized carbons (Fsp3) is 0.625. The molecule has 0 spiro atoms. The van der Waals surface area contributed by atoms with Crippen LogP contribution in [-0.2, 0) is 52.4 Å². The van der Waals surface area contributed by atoms with E-state index in [0.29, 0.717) is 67.2 Å². The van der Waals surface area contributed by atoms with Gasteiger partial charge in [0.2, 0.25) is 6.10 Å². The van der Waals surface area contributed by atoms with Crippen LogP contribution in [0.1, 0.15) is 91.2 Å². The number of carbonyl (C=O) groups is 5. The van der Waals surface area contributed by atoms with E-state index in [1.165, 1.54) is 19.4 Å². The molecule has 7 aliphatic rings. The van der Waals surface area contributed by atoms with Crippen molar-refractivity contribution < 1.29 is 56.8 Å². The normalized spacial score (nSPS) is 39.5. The number of esters is 5.